The van der Waals surface area contributed by atoms with E-state index < -0.39 is 0 Å². The summed E-state index contributed by atoms with van der Waals surface area (Å²) in [6.07, 6.45) is 3.92. The predicted octanol–water partition coefficient (Wildman–Crippen LogP) is 3.76. The molecule has 1 aliphatic heterocycles. The third kappa shape index (κ3) is 4.19. The summed E-state index contributed by atoms with van der Waals surface area (Å²) in [5.41, 5.74) is 2.69. The van der Waals surface area contributed by atoms with Crippen molar-refractivity contribution in [3.05, 3.63) is 71.8 Å². The van der Waals surface area contributed by atoms with E-state index in [0.29, 0.717) is 6.04 Å². The molecule has 0 aromatic heterocycles. The Bertz CT molecular complexity index is 493. The molecule has 1 heterocycles. The minimum Gasteiger partial charge on any atom is -0.317 e. The average Bonchev–Trinajstić information content (AvgIpc) is 2.61. The zero-order valence-corrected chi connectivity index (χ0v) is 13.2. The van der Waals surface area contributed by atoms with Crippen LogP contribution in [0.2, 0.25) is 0 Å². The fourth-order valence-electron chi connectivity index (χ4n) is 3.32. The monoisotopic (exact) mass is 294 g/mol. The topological polar surface area (TPSA) is 24.1 Å². The standard InChI is InChI=1S/C20H26N2/c1-3-7-18(8-4-1)20(19-9-5-2-6-10-19)22-16-13-17-11-14-21-15-12-17/h1-10,17,20-22H,11-16H2. The first-order chi connectivity index (χ1) is 10.9. The molecule has 1 aliphatic rings. The van der Waals surface area contributed by atoms with Crippen LogP contribution in [0.4, 0.5) is 0 Å². The lowest BCUT2D eigenvalue weighted by molar-refractivity contribution is 0.345. The van der Waals surface area contributed by atoms with E-state index in [1.165, 1.54) is 43.5 Å². The van der Waals surface area contributed by atoms with E-state index in [9.17, 15) is 0 Å². The number of nitrogens with one attached hydrogen (secondary N) is 2. The molecule has 0 atom stereocenters. The Kier molecular flexibility index (Phi) is 5.63. The van der Waals surface area contributed by atoms with Gasteiger partial charge in [-0.15, -0.1) is 0 Å². The molecule has 0 amide bonds. The van der Waals surface area contributed by atoms with Crippen molar-refractivity contribution in [1.82, 2.24) is 10.6 Å². The fourth-order valence-corrected chi connectivity index (χ4v) is 3.32. The lowest BCUT2D eigenvalue weighted by Gasteiger charge is -2.25. The fraction of sp³-hybridized carbons (Fsp3) is 0.400. The number of hydrogen-bond acceptors (Lipinski definition) is 2. The van der Waals surface area contributed by atoms with Gasteiger partial charge in [0.25, 0.3) is 0 Å². The lowest BCUT2D eigenvalue weighted by Crippen LogP contribution is -2.31. The molecule has 2 N–H and O–H groups in total. The molecule has 2 heteroatoms. The van der Waals surface area contributed by atoms with Crippen LogP contribution in [0.5, 0.6) is 0 Å². The first-order valence-electron chi connectivity index (χ1n) is 8.47. The summed E-state index contributed by atoms with van der Waals surface area (Å²) in [5.74, 6) is 0.876. The van der Waals surface area contributed by atoms with Gasteiger partial charge in [-0.05, 0) is 55.9 Å². The van der Waals surface area contributed by atoms with Crippen molar-refractivity contribution >= 4 is 0 Å². The first kappa shape index (κ1) is 15.3. The average molecular weight is 294 g/mol. The van der Waals surface area contributed by atoms with E-state index in [2.05, 4.69) is 71.3 Å². The van der Waals surface area contributed by atoms with Crippen molar-refractivity contribution < 1.29 is 0 Å². The van der Waals surface area contributed by atoms with Gasteiger partial charge in [-0.25, -0.2) is 0 Å². The molecule has 3 rings (SSSR count). The smallest absolute Gasteiger partial charge is 0.0576 e. The van der Waals surface area contributed by atoms with E-state index >= 15 is 0 Å². The Hall–Kier alpha value is -1.64. The molecule has 0 unspecified atom stereocenters. The van der Waals surface area contributed by atoms with Crippen LogP contribution in [0.1, 0.15) is 36.4 Å². The maximum atomic E-state index is 3.78. The second-order valence-electron chi connectivity index (χ2n) is 6.19. The van der Waals surface area contributed by atoms with Gasteiger partial charge in [0.05, 0.1) is 6.04 Å². The van der Waals surface area contributed by atoms with Gasteiger partial charge < -0.3 is 10.6 Å². The normalized spacial score (nSPS) is 16.0. The van der Waals surface area contributed by atoms with Crippen LogP contribution in [-0.2, 0) is 0 Å². The molecule has 1 fully saturated rings. The van der Waals surface area contributed by atoms with E-state index in [4.69, 9.17) is 0 Å². The number of rotatable bonds is 6. The van der Waals surface area contributed by atoms with Crippen LogP contribution in [-0.4, -0.2) is 19.6 Å². The molecule has 0 spiro atoms. The van der Waals surface area contributed by atoms with Crippen molar-refractivity contribution in [3.63, 3.8) is 0 Å². The molecule has 2 aromatic carbocycles. The van der Waals surface area contributed by atoms with E-state index in [1.807, 2.05) is 0 Å². The van der Waals surface area contributed by atoms with Crippen LogP contribution in [0, 0.1) is 5.92 Å². The number of piperidine rings is 1. The van der Waals surface area contributed by atoms with Crippen LogP contribution >= 0.6 is 0 Å². The molecule has 2 aromatic rings. The van der Waals surface area contributed by atoms with Crippen molar-refractivity contribution in [2.45, 2.75) is 25.3 Å². The highest BCUT2D eigenvalue weighted by atomic mass is 14.9. The van der Waals surface area contributed by atoms with E-state index in [1.54, 1.807) is 0 Å². The van der Waals surface area contributed by atoms with Gasteiger partial charge in [0, 0.05) is 0 Å². The molecule has 116 valence electrons. The maximum Gasteiger partial charge on any atom is 0.0576 e. The van der Waals surface area contributed by atoms with Crippen molar-refractivity contribution in [3.8, 4) is 0 Å². The summed E-state index contributed by atoms with van der Waals surface area (Å²) in [6, 6.07) is 21.8. The quantitative estimate of drug-likeness (QED) is 0.848. The molecular formula is C20H26N2. The maximum absolute atomic E-state index is 3.78. The highest BCUT2D eigenvalue weighted by Crippen LogP contribution is 2.22. The lowest BCUT2D eigenvalue weighted by atomic mass is 9.94. The Morgan fingerprint density at radius 2 is 1.41 bits per heavy atom. The Morgan fingerprint density at radius 3 is 1.95 bits per heavy atom. The number of hydrogen-bond donors (Lipinski definition) is 2. The third-order valence-corrected chi connectivity index (χ3v) is 4.63. The van der Waals surface area contributed by atoms with Gasteiger partial charge in [-0.3, -0.25) is 0 Å². The highest BCUT2D eigenvalue weighted by Gasteiger charge is 2.16. The van der Waals surface area contributed by atoms with Crippen LogP contribution < -0.4 is 10.6 Å². The summed E-state index contributed by atoms with van der Waals surface area (Å²) >= 11 is 0. The van der Waals surface area contributed by atoms with E-state index in [0.717, 1.165) is 12.5 Å². The number of benzene rings is 2. The molecule has 0 bridgehead atoms. The van der Waals surface area contributed by atoms with Gasteiger partial charge in [0.15, 0.2) is 0 Å². The second-order valence-corrected chi connectivity index (χ2v) is 6.19. The first-order valence-corrected chi connectivity index (χ1v) is 8.47. The minimum absolute atomic E-state index is 0.295. The molecule has 0 aliphatic carbocycles. The molecular weight excluding hydrogens is 268 g/mol. The summed E-state index contributed by atoms with van der Waals surface area (Å²) in [4.78, 5) is 0. The van der Waals surface area contributed by atoms with Crippen LogP contribution in [0.15, 0.2) is 60.7 Å². The van der Waals surface area contributed by atoms with Gasteiger partial charge >= 0.3 is 0 Å². The van der Waals surface area contributed by atoms with Crippen LogP contribution in [0.3, 0.4) is 0 Å². The van der Waals surface area contributed by atoms with Gasteiger partial charge in [-0.2, -0.15) is 0 Å². The van der Waals surface area contributed by atoms with Crippen molar-refractivity contribution in [2.24, 2.45) is 5.92 Å². The molecule has 0 saturated carbocycles. The summed E-state index contributed by atoms with van der Waals surface area (Å²) in [5, 5.41) is 7.22. The Morgan fingerprint density at radius 1 is 0.864 bits per heavy atom. The van der Waals surface area contributed by atoms with Crippen molar-refractivity contribution in [2.75, 3.05) is 19.6 Å². The summed E-state index contributed by atoms with van der Waals surface area (Å²) < 4.78 is 0. The van der Waals surface area contributed by atoms with Crippen molar-refractivity contribution in [1.29, 1.82) is 0 Å². The van der Waals surface area contributed by atoms with Crippen LogP contribution in [0.25, 0.3) is 0 Å². The second kappa shape index (κ2) is 8.11. The summed E-state index contributed by atoms with van der Waals surface area (Å²) in [7, 11) is 0. The molecule has 0 radical (unpaired) electrons. The highest BCUT2D eigenvalue weighted by molar-refractivity contribution is 5.31. The largest absolute Gasteiger partial charge is 0.317 e. The Labute approximate surface area is 134 Å². The van der Waals surface area contributed by atoms with Gasteiger partial charge in [0.2, 0.25) is 0 Å². The Balaban J connectivity index is 1.64. The SMILES string of the molecule is c1ccc(C(NCCC2CCNCC2)c2ccccc2)cc1. The van der Waals surface area contributed by atoms with Gasteiger partial charge in [-0.1, -0.05) is 60.7 Å². The third-order valence-electron chi connectivity index (χ3n) is 4.63. The van der Waals surface area contributed by atoms with E-state index in [-0.39, 0.29) is 0 Å². The zero-order valence-electron chi connectivity index (χ0n) is 13.2. The minimum atomic E-state index is 0.295. The summed E-state index contributed by atoms with van der Waals surface area (Å²) in [6.45, 7) is 3.45. The van der Waals surface area contributed by atoms with Gasteiger partial charge in [0.1, 0.15) is 0 Å². The molecule has 22 heavy (non-hydrogen) atoms. The predicted molar refractivity (Wildman–Crippen MR) is 92.9 cm³/mol. The molecule has 1 saturated heterocycles. The zero-order chi connectivity index (χ0) is 15.0. The molecule has 2 nitrogen and oxygen atoms in total.